The first-order valence-corrected chi connectivity index (χ1v) is 6.48. The number of hydrogen-bond donors (Lipinski definition) is 1. The lowest BCUT2D eigenvalue weighted by Gasteiger charge is -2.27. The van der Waals surface area contributed by atoms with E-state index in [1.165, 1.54) is 6.26 Å². The lowest BCUT2D eigenvalue weighted by Crippen LogP contribution is -2.44. The Labute approximate surface area is 114 Å². The first-order valence-electron chi connectivity index (χ1n) is 6.48. The molecule has 2 atom stereocenters. The highest BCUT2D eigenvalue weighted by Gasteiger charge is 2.38. The molecule has 1 aromatic rings. The van der Waals surface area contributed by atoms with E-state index in [-0.39, 0.29) is 12.6 Å². The standard InChI is InChI=1S/C13H17F3N2O2/c1-9-11(4-5-17-9)12(19)18(8-13(14,15)16)7-10-3-2-6-20-10/h2-3,6,9,11,17H,4-5,7-8H2,1H3. The number of hydrogen-bond acceptors (Lipinski definition) is 3. The Morgan fingerprint density at radius 3 is 2.80 bits per heavy atom. The first-order chi connectivity index (χ1) is 9.37. The molecule has 112 valence electrons. The third-order valence-electron chi connectivity index (χ3n) is 3.45. The van der Waals surface area contributed by atoms with Crippen LogP contribution in [0.4, 0.5) is 13.2 Å². The van der Waals surface area contributed by atoms with E-state index in [0.717, 1.165) is 4.90 Å². The molecule has 20 heavy (non-hydrogen) atoms. The van der Waals surface area contributed by atoms with Gasteiger partial charge in [0.1, 0.15) is 12.3 Å². The summed E-state index contributed by atoms with van der Waals surface area (Å²) >= 11 is 0. The molecule has 0 spiro atoms. The SMILES string of the molecule is CC1NCCC1C(=O)N(Cc1ccco1)CC(F)(F)F. The van der Waals surface area contributed by atoms with Gasteiger partial charge in [0.15, 0.2) is 0 Å². The van der Waals surface area contributed by atoms with E-state index in [0.29, 0.717) is 18.7 Å². The Hall–Kier alpha value is -1.50. The van der Waals surface area contributed by atoms with E-state index >= 15 is 0 Å². The number of nitrogens with zero attached hydrogens (tertiary/aromatic N) is 1. The molecule has 0 aromatic carbocycles. The van der Waals surface area contributed by atoms with Gasteiger partial charge in [0, 0.05) is 6.04 Å². The summed E-state index contributed by atoms with van der Waals surface area (Å²) in [7, 11) is 0. The third-order valence-corrected chi connectivity index (χ3v) is 3.45. The molecule has 1 aromatic heterocycles. The molecule has 1 aliphatic heterocycles. The molecule has 1 amide bonds. The maximum Gasteiger partial charge on any atom is 0.406 e. The zero-order valence-corrected chi connectivity index (χ0v) is 11.1. The van der Waals surface area contributed by atoms with Crippen LogP contribution in [-0.2, 0) is 11.3 Å². The van der Waals surface area contributed by atoms with Crippen molar-refractivity contribution in [3.63, 3.8) is 0 Å². The number of carbonyl (C=O) groups excluding carboxylic acids is 1. The Kier molecular flexibility index (Phi) is 4.37. The summed E-state index contributed by atoms with van der Waals surface area (Å²) in [5.74, 6) is -0.537. The molecular weight excluding hydrogens is 273 g/mol. The molecule has 2 unspecified atom stereocenters. The van der Waals surface area contributed by atoms with Crippen LogP contribution in [0, 0.1) is 5.92 Å². The summed E-state index contributed by atoms with van der Waals surface area (Å²) < 4.78 is 43.0. The second-order valence-electron chi connectivity index (χ2n) is 5.03. The predicted octanol–water partition coefficient (Wildman–Crippen LogP) is 2.17. The molecule has 0 bridgehead atoms. The normalized spacial score (nSPS) is 23.0. The fraction of sp³-hybridized carbons (Fsp3) is 0.615. The molecule has 2 heterocycles. The topological polar surface area (TPSA) is 45.5 Å². The highest BCUT2D eigenvalue weighted by molar-refractivity contribution is 5.80. The average molecular weight is 290 g/mol. The summed E-state index contributed by atoms with van der Waals surface area (Å²) in [6.45, 7) is 1.05. The van der Waals surface area contributed by atoms with Gasteiger partial charge in [-0.05, 0) is 32.0 Å². The second-order valence-corrected chi connectivity index (χ2v) is 5.03. The Morgan fingerprint density at radius 1 is 1.55 bits per heavy atom. The number of amides is 1. The fourth-order valence-corrected chi connectivity index (χ4v) is 2.45. The van der Waals surface area contributed by atoms with Crippen LogP contribution in [0.1, 0.15) is 19.1 Å². The summed E-state index contributed by atoms with van der Waals surface area (Å²) in [4.78, 5) is 13.1. The lowest BCUT2D eigenvalue weighted by atomic mass is 10.0. The molecule has 1 aliphatic rings. The molecule has 0 aliphatic carbocycles. The van der Waals surface area contributed by atoms with Crippen LogP contribution < -0.4 is 5.32 Å². The maximum absolute atomic E-state index is 12.6. The van der Waals surface area contributed by atoms with Crippen LogP contribution in [0.25, 0.3) is 0 Å². The van der Waals surface area contributed by atoms with Crippen LogP contribution in [-0.4, -0.2) is 36.1 Å². The predicted molar refractivity (Wildman–Crippen MR) is 65.8 cm³/mol. The van der Waals surface area contributed by atoms with Gasteiger partial charge in [-0.15, -0.1) is 0 Å². The smallest absolute Gasteiger partial charge is 0.406 e. The number of rotatable bonds is 4. The van der Waals surface area contributed by atoms with E-state index in [1.54, 1.807) is 12.1 Å². The van der Waals surface area contributed by atoms with Crippen molar-refractivity contribution in [2.24, 2.45) is 5.92 Å². The van der Waals surface area contributed by atoms with E-state index in [9.17, 15) is 18.0 Å². The van der Waals surface area contributed by atoms with Gasteiger partial charge < -0.3 is 14.6 Å². The van der Waals surface area contributed by atoms with Crippen LogP contribution >= 0.6 is 0 Å². The molecule has 0 radical (unpaired) electrons. The van der Waals surface area contributed by atoms with Gasteiger partial charge >= 0.3 is 6.18 Å². The van der Waals surface area contributed by atoms with E-state index < -0.39 is 24.5 Å². The van der Waals surface area contributed by atoms with Gasteiger partial charge in [0.25, 0.3) is 0 Å². The molecule has 7 heteroatoms. The molecule has 1 N–H and O–H groups in total. The van der Waals surface area contributed by atoms with Gasteiger partial charge in [0.2, 0.25) is 5.91 Å². The van der Waals surface area contributed by atoms with Crippen molar-refractivity contribution in [1.29, 1.82) is 0 Å². The fourth-order valence-electron chi connectivity index (χ4n) is 2.45. The van der Waals surface area contributed by atoms with Crippen LogP contribution in [0.2, 0.25) is 0 Å². The van der Waals surface area contributed by atoms with Gasteiger partial charge in [-0.2, -0.15) is 13.2 Å². The van der Waals surface area contributed by atoms with Crippen molar-refractivity contribution in [3.8, 4) is 0 Å². The quantitative estimate of drug-likeness (QED) is 0.924. The zero-order chi connectivity index (χ0) is 14.8. The Balaban J connectivity index is 2.10. The van der Waals surface area contributed by atoms with Crippen LogP contribution in [0.3, 0.4) is 0 Å². The summed E-state index contributed by atoms with van der Waals surface area (Å²) in [5, 5.41) is 3.07. The van der Waals surface area contributed by atoms with Crippen molar-refractivity contribution in [2.45, 2.75) is 32.1 Å². The highest BCUT2D eigenvalue weighted by atomic mass is 19.4. The van der Waals surface area contributed by atoms with Crippen molar-refractivity contribution < 1.29 is 22.4 Å². The van der Waals surface area contributed by atoms with Gasteiger partial charge in [0.05, 0.1) is 18.7 Å². The lowest BCUT2D eigenvalue weighted by molar-refractivity contribution is -0.165. The van der Waals surface area contributed by atoms with E-state index in [1.807, 2.05) is 6.92 Å². The summed E-state index contributed by atoms with van der Waals surface area (Å²) in [5.41, 5.74) is 0. The van der Waals surface area contributed by atoms with Gasteiger partial charge in [-0.25, -0.2) is 0 Å². The average Bonchev–Trinajstić information content (AvgIpc) is 2.97. The third kappa shape index (κ3) is 3.75. The Bertz CT molecular complexity index is 445. The number of nitrogens with one attached hydrogen (secondary N) is 1. The summed E-state index contributed by atoms with van der Waals surface area (Å²) in [6, 6.07) is 3.05. The van der Waals surface area contributed by atoms with Crippen LogP contribution in [0.5, 0.6) is 0 Å². The molecule has 1 fully saturated rings. The minimum atomic E-state index is -4.42. The van der Waals surface area contributed by atoms with Crippen molar-refractivity contribution in [3.05, 3.63) is 24.2 Å². The number of alkyl halides is 3. The minimum Gasteiger partial charge on any atom is -0.467 e. The molecule has 4 nitrogen and oxygen atoms in total. The first kappa shape index (κ1) is 14.9. The minimum absolute atomic E-state index is 0.102. The molecular formula is C13H17F3N2O2. The van der Waals surface area contributed by atoms with Crippen molar-refractivity contribution in [2.75, 3.05) is 13.1 Å². The molecule has 0 saturated carbocycles. The van der Waals surface area contributed by atoms with Gasteiger partial charge in [-0.3, -0.25) is 4.79 Å². The zero-order valence-electron chi connectivity index (χ0n) is 11.1. The van der Waals surface area contributed by atoms with Crippen LogP contribution in [0.15, 0.2) is 22.8 Å². The second kappa shape index (κ2) is 5.87. The van der Waals surface area contributed by atoms with Crippen molar-refractivity contribution >= 4 is 5.91 Å². The number of halogens is 3. The Morgan fingerprint density at radius 2 is 2.30 bits per heavy atom. The largest absolute Gasteiger partial charge is 0.467 e. The maximum atomic E-state index is 12.6. The highest BCUT2D eigenvalue weighted by Crippen LogP contribution is 2.24. The molecule has 2 rings (SSSR count). The van der Waals surface area contributed by atoms with E-state index in [4.69, 9.17) is 4.42 Å². The molecule has 1 saturated heterocycles. The van der Waals surface area contributed by atoms with Crippen molar-refractivity contribution in [1.82, 2.24) is 10.2 Å². The monoisotopic (exact) mass is 290 g/mol. The summed E-state index contributed by atoms with van der Waals surface area (Å²) in [6.07, 6.45) is -2.48. The number of furan rings is 1. The van der Waals surface area contributed by atoms with Gasteiger partial charge in [-0.1, -0.05) is 0 Å². The van der Waals surface area contributed by atoms with E-state index in [2.05, 4.69) is 5.32 Å². The number of carbonyl (C=O) groups is 1.